The van der Waals surface area contributed by atoms with Crippen LogP contribution in [0.2, 0.25) is 0 Å². The first kappa shape index (κ1) is 15.8. The number of halogens is 2. The molecule has 116 valence electrons. The van der Waals surface area contributed by atoms with Crippen LogP contribution in [-0.2, 0) is 9.84 Å². The molecule has 0 radical (unpaired) electrons. The van der Waals surface area contributed by atoms with Gasteiger partial charge in [0.05, 0.1) is 4.92 Å². The molecular formula is C13H9F2NO5S. The Morgan fingerprint density at radius 3 is 2.36 bits per heavy atom. The first-order valence-corrected chi connectivity index (χ1v) is 7.69. The number of ether oxygens (including phenoxy) is 1. The first-order valence-electron chi connectivity index (χ1n) is 5.80. The molecule has 0 aliphatic carbocycles. The zero-order valence-electron chi connectivity index (χ0n) is 11.1. The molecule has 0 unspecified atom stereocenters. The lowest BCUT2D eigenvalue weighted by molar-refractivity contribution is -0.388. The zero-order chi connectivity index (χ0) is 16.5. The van der Waals surface area contributed by atoms with Gasteiger partial charge in [0.15, 0.2) is 21.5 Å². The van der Waals surface area contributed by atoms with Gasteiger partial charge in [-0.15, -0.1) is 0 Å². The Hall–Kier alpha value is -2.55. The maximum Gasteiger partial charge on any atom is 0.330 e. The molecule has 0 heterocycles. The number of hydrogen-bond donors (Lipinski definition) is 0. The molecule has 22 heavy (non-hydrogen) atoms. The van der Waals surface area contributed by atoms with E-state index in [0.29, 0.717) is 6.07 Å². The minimum atomic E-state index is -3.86. The summed E-state index contributed by atoms with van der Waals surface area (Å²) in [6, 6.07) is 6.02. The van der Waals surface area contributed by atoms with Crippen molar-refractivity contribution in [3.63, 3.8) is 0 Å². The minimum absolute atomic E-state index is 0.201. The average Bonchev–Trinajstić information content (AvgIpc) is 2.41. The van der Waals surface area contributed by atoms with E-state index in [1.165, 1.54) is 6.07 Å². The fourth-order valence-electron chi connectivity index (χ4n) is 1.73. The molecule has 2 rings (SSSR count). The summed E-state index contributed by atoms with van der Waals surface area (Å²) in [7, 11) is -3.86. The molecule has 0 saturated carbocycles. The van der Waals surface area contributed by atoms with Crippen LogP contribution in [0.1, 0.15) is 0 Å². The lowest BCUT2D eigenvalue weighted by Gasteiger charge is -2.08. The van der Waals surface area contributed by atoms with E-state index in [-0.39, 0.29) is 11.5 Å². The molecule has 9 heteroatoms. The van der Waals surface area contributed by atoms with Crippen LogP contribution in [0.5, 0.6) is 11.5 Å². The SMILES string of the molecule is CS(=O)(=O)c1cccc(Oc2ccc(F)c(F)c2)c1[N+](=O)[O-]. The monoisotopic (exact) mass is 329 g/mol. The van der Waals surface area contributed by atoms with Crippen molar-refractivity contribution in [1.29, 1.82) is 0 Å². The van der Waals surface area contributed by atoms with E-state index in [1.807, 2.05) is 0 Å². The molecule has 0 atom stereocenters. The van der Waals surface area contributed by atoms with Gasteiger partial charge in [0.2, 0.25) is 5.75 Å². The van der Waals surface area contributed by atoms with Crippen LogP contribution in [-0.4, -0.2) is 19.6 Å². The fraction of sp³-hybridized carbons (Fsp3) is 0.0769. The summed E-state index contributed by atoms with van der Waals surface area (Å²) in [4.78, 5) is 9.69. The molecular weight excluding hydrogens is 320 g/mol. The Morgan fingerprint density at radius 2 is 1.82 bits per heavy atom. The largest absolute Gasteiger partial charge is 0.450 e. The molecule has 2 aromatic carbocycles. The van der Waals surface area contributed by atoms with Crippen LogP contribution in [0.4, 0.5) is 14.5 Å². The number of nitrogens with zero attached hydrogens (tertiary/aromatic N) is 1. The van der Waals surface area contributed by atoms with Crippen molar-refractivity contribution >= 4 is 15.5 Å². The second-order valence-electron chi connectivity index (χ2n) is 4.31. The Labute approximate surface area is 124 Å². The Morgan fingerprint density at radius 1 is 1.14 bits per heavy atom. The molecule has 2 aromatic rings. The third-order valence-electron chi connectivity index (χ3n) is 2.66. The van der Waals surface area contributed by atoms with Gasteiger partial charge in [-0.2, -0.15) is 0 Å². The molecule has 0 aliphatic rings. The van der Waals surface area contributed by atoms with Crippen molar-refractivity contribution in [1.82, 2.24) is 0 Å². The van der Waals surface area contributed by atoms with Gasteiger partial charge in [-0.1, -0.05) is 6.07 Å². The van der Waals surface area contributed by atoms with Crippen LogP contribution in [0.15, 0.2) is 41.3 Å². The van der Waals surface area contributed by atoms with Gasteiger partial charge in [0, 0.05) is 12.3 Å². The van der Waals surface area contributed by atoms with Gasteiger partial charge in [0.1, 0.15) is 10.6 Å². The summed E-state index contributed by atoms with van der Waals surface area (Å²) in [6.45, 7) is 0. The van der Waals surface area contributed by atoms with Crippen LogP contribution >= 0.6 is 0 Å². The van der Waals surface area contributed by atoms with Gasteiger partial charge in [-0.05, 0) is 24.3 Å². The highest BCUT2D eigenvalue weighted by molar-refractivity contribution is 7.90. The van der Waals surface area contributed by atoms with Gasteiger partial charge in [-0.25, -0.2) is 17.2 Å². The molecule has 0 amide bonds. The molecule has 0 saturated heterocycles. The van der Waals surface area contributed by atoms with Crippen molar-refractivity contribution in [3.8, 4) is 11.5 Å². The Kier molecular flexibility index (Phi) is 4.09. The van der Waals surface area contributed by atoms with Crippen molar-refractivity contribution in [2.75, 3.05) is 6.26 Å². The Bertz CT molecular complexity index is 852. The van der Waals surface area contributed by atoms with E-state index >= 15 is 0 Å². The van der Waals surface area contributed by atoms with Crippen molar-refractivity contribution in [3.05, 3.63) is 58.1 Å². The smallest absolute Gasteiger partial charge is 0.330 e. The molecule has 0 bridgehead atoms. The highest BCUT2D eigenvalue weighted by atomic mass is 32.2. The predicted octanol–water partition coefficient (Wildman–Crippen LogP) is 3.07. The number of nitro benzene ring substituents is 1. The lowest BCUT2D eigenvalue weighted by Crippen LogP contribution is -2.04. The first-order chi connectivity index (χ1) is 10.2. The second-order valence-corrected chi connectivity index (χ2v) is 6.29. The van der Waals surface area contributed by atoms with Crippen molar-refractivity contribution in [2.45, 2.75) is 4.90 Å². The molecule has 0 fully saturated rings. The highest BCUT2D eigenvalue weighted by Crippen LogP contribution is 2.36. The maximum absolute atomic E-state index is 13.1. The van der Waals surface area contributed by atoms with E-state index in [1.54, 1.807) is 0 Å². The molecule has 0 aliphatic heterocycles. The third kappa shape index (κ3) is 3.19. The van der Waals surface area contributed by atoms with Crippen molar-refractivity contribution < 1.29 is 26.9 Å². The predicted molar refractivity (Wildman–Crippen MR) is 72.6 cm³/mol. The van der Waals surface area contributed by atoms with Crippen LogP contribution in [0.25, 0.3) is 0 Å². The normalized spacial score (nSPS) is 11.2. The topological polar surface area (TPSA) is 86.5 Å². The standard InChI is InChI=1S/C13H9F2NO5S/c1-22(19,20)12-4-2-3-11(13(12)16(17)18)21-8-5-6-9(14)10(15)7-8/h2-7H,1H3. The summed E-state index contributed by atoms with van der Waals surface area (Å²) < 4.78 is 54.3. The third-order valence-corrected chi connectivity index (χ3v) is 3.79. The zero-order valence-corrected chi connectivity index (χ0v) is 11.9. The summed E-state index contributed by atoms with van der Waals surface area (Å²) in [6.07, 6.45) is 0.816. The fourth-order valence-corrected chi connectivity index (χ4v) is 2.58. The Balaban J connectivity index is 2.56. The van der Waals surface area contributed by atoms with E-state index in [9.17, 15) is 27.3 Å². The number of nitro groups is 1. The lowest BCUT2D eigenvalue weighted by atomic mass is 10.3. The summed E-state index contributed by atoms with van der Waals surface area (Å²) in [5, 5.41) is 11.1. The van der Waals surface area contributed by atoms with Gasteiger partial charge in [0.25, 0.3) is 0 Å². The van der Waals surface area contributed by atoms with E-state index in [0.717, 1.165) is 30.5 Å². The number of benzene rings is 2. The number of sulfone groups is 1. The van der Waals surface area contributed by atoms with Crippen LogP contribution in [0, 0.1) is 21.7 Å². The van der Waals surface area contributed by atoms with Gasteiger partial charge in [-0.3, -0.25) is 10.1 Å². The van der Waals surface area contributed by atoms with E-state index in [4.69, 9.17) is 4.74 Å². The summed E-state index contributed by atoms with van der Waals surface area (Å²) in [5.41, 5.74) is -0.769. The molecule has 0 spiro atoms. The van der Waals surface area contributed by atoms with E-state index < -0.39 is 37.0 Å². The number of rotatable bonds is 4. The highest BCUT2D eigenvalue weighted by Gasteiger charge is 2.27. The van der Waals surface area contributed by atoms with Crippen molar-refractivity contribution in [2.24, 2.45) is 0 Å². The molecule has 0 N–H and O–H groups in total. The average molecular weight is 329 g/mol. The second kappa shape index (κ2) is 5.68. The molecule has 0 aromatic heterocycles. The van der Waals surface area contributed by atoms with E-state index in [2.05, 4.69) is 0 Å². The maximum atomic E-state index is 13.1. The van der Waals surface area contributed by atoms with Crippen LogP contribution < -0.4 is 4.74 Å². The number of para-hydroxylation sites is 1. The number of hydrogen-bond acceptors (Lipinski definition) is 5. The van der Waals surface area contributed by atoms with Gasteiger partial charge >= 0.3 is 5.69 Å². The summed E-state index contributed by atoms with van der Waals surface area (Å²) >= 11 is 0. The quantitative estimate of drug-likeness (QED) is 0.635. The van der Waals surface area contributed by atoms with Gasteiger partial charge < -0.3 is 4.74 Å². The summed E-state index contributed by atoms with van der Waals surface area (Å²) in [5.74, 6) is -2.89. The van der Waals surface area contributed by atoms with Crippen LogP contribution in [0.3, 0.4) is 0 Å². The minimum Gasteiger partial charge on any atom is -0.450 e. The molecule has 6 nitrogen and oxygen atoms in total.